The Kier molecular flexibility index (Phi) is 5.39. The van der Waals surface area contributed by atoms with E-state index >= 15 is 0 Å². The Labute approximate surface area is 198 Å². The Morgan fingerprint density at radius 1 is 1.03 bits per heavy atom. The number of fused-ring (bicyclic) bond motifs is 1. The quantitative estimate of drug-likeness (QED) is 0.325. The molecule has 0 atom stereocenters. The van der Waals surface area contributed by atoms with Gasteiger partial charge >= 0.3 is 6.18 Å². The maximum atomic E-state index is 13.0. The van der Waals surface area contributed by atoms with Gasteiger partial charge in [-0.2, -0.15) is 23.4 Å². The Balaban J connectivity index is 1.45. The second-order valence-electron chi connectivity index (χ2n) is 8.30. The topological polar surface area (TPSA) is 75.6 Å². The molecule has 6 nitrogen and oxygen atoms in total. The van der Waals surface area contributed by atoms with Crippen molar-refractivity contribution < 1.29 is 18.0 Å². The summed E-state index contributed by atoms with van der Waals surface area (Å²) in [5.41, 5.74) is 4.79. The van der Waals surface area contributed by atoms with Gasteiger partial charge < -0.3 is 5.32 Å². The molecular weight excluding hydrogens is 455 g/mol. The van der Waals surface area contributed by atoms with E-state index in [4.69, 9.17) is 0 Å². The van der Waals surface area contributed by atoms with E-state index in [0.29, 0.717) is 5.56 Å². The maximum absolute atomic E-state index is 13.0. The van der Waals surface area contributed by atoms with E-state index < -0.39 is 17.6 Å². The van der Waals surface area contributed by atoms with E-state index in [0.717, 1.165) is 51.0 Å². The minimum atomic E-state index is -4.49. The molecule has 0 saturated carbocycles. The molecule has 2 heterocycles. The lowest BCUT2D eigenvalue weighted by atomic mass is 9.96. The molecular formula is C26H20F3N5O. The molecule has 3 aromatic carbocycles. The molecule has 9 heteroatoms. The average molecular weight is 475 g/mol. The van der Waals surface area contributed by atoms with Gasteiger partial charge in [0.05, 0.1) is 17.3 Å². The molecule has 0 aliphatic heterocycles. The molecule has 1 amide bonds. The first-order valence-electron chi connectivity index (χ1n) is 10.8. The zero-order chi connectivity index (χ0) is 24.7. The van der Waals surface area contributed by atoms with Crippen LogP contribution < -0.4 is 5.32 Å². The van der Waals surface area contributed by atoms with Crippen LogP contribution in [0.5, 0.6) is 0 Å². The summed E-state index contributed by atoms with van der Waals surface area (Å²) in [6.07, 6.45) is -0.847. The second kappa shape index (κ2) is 8.43. The van der Waals surface area contributed by atoms with Gasteiger partial charge in [0.15, 0.2) is 0 Å². The van der Waals surface area contributed by atoms with E-state index in [1.807, 2.05) is 44.4 Å². The number of alkyl halides is 3. The van der Waals surface area contributed by atoms with Crippen LogP contribution in [0.15, 0.2) is 73.1 Å². The minimum Gasteiger partial charge on any atom is -0.322 e. The van der Waals surface area contributed by atoms with Crippen molar-refractivity contribution in [3.05, 3.63) is 89.7 Å². The van der Waals surface area contributed by atoms with Crippen molar-refractivity contribution in [1.82, 2.24) is 20.0 Å². The van der Waals surface area contributed by atoms with Crippen LogP contribution in [-0.2, 0) is 13.2 Å². The number of hydrogen-bond acceptors (Lipinski definition) is 3. The minimum absolute atomic E-state index is 0.0776. The predicted octanol–water partition coefficient (Wildman–Crippen LogP) is 6.21. The molecule has 0 saturated heterocycles. The third-order valence-corrected chi connectivity index (χ3v) is 5.80. The van der Waals surface area contributed by atoms with Crippen LogP contribution >= 0.6 is 0 Å². The molecule has 35 heavy (non-hydrogen) atoms. The zero-order valence-electron chi connectivity index (χ0n) is 18.8. The molecule has 0 fully saturated rings. The number of nitrogens with zero attached hydrogens (tertiary/aromatic N) is 3. The third-order valence-electron chi connectivity index (χ3n) is 5.80. The van der Waals surface area contributed by atoms with Crippen LogP contribution in [0.3, 0.4) is 0 Å². The second-order valence-corrected chi connectivity index (χ2v) is 8.30. The Bertz CT molecular complexity index is 1570. The van der Waals surface area contributed by atoms with Gasteiger partial charge in [-0.3, -0.25) is 14.6 Å². The molecule has 0 radical (unpaired) electrons. The highest BCUT2D eigenvalue weighted by atomic mass is 19.4. The Hall–Kier alpha value is -4.40. The summed E-state index contributed by atoms with van der Waals surface area (Å²) < 4.78 is 40.7. The number of aromatic amines is 1. The van der Waals surface area contributed by atoms with Crippen molar-refractivity contribution >= 4 is 22.5 Å². The number of carbonyl (C=O) groups excluding carboxylic acids is 1. The Morgan fingerprint density at radius 3 is 2.60 bits per heavy atom. The average Bonchev–Trinajstić information content (AvgIpc) is 3.44. The number of aryl methyl sites for hydroxylation is 2. The van der Waals surface area contributed by atoms with Crippen molar-refractivity contribution in [1.29, 1.82) is 0 Å². The molecule has 0 aliphatic carbocycles. The molecule has 2 aromatic heterocycles. The number of carbonyl (C=O) groups is 1. The van der Waals surface area contributed by atoms with Crippen molar-refractivity contribution in [2.24, 2.45) is 7.05 Å². The lowest BCUT2D eigenvalue weighted by Gasteiger charge is -2.12. The van der Waals surface area contributed by atoms with Crippen molar-refractivity contribution in [3.63, 3.8) is 0 Å². The summed E-state index contributed by atoms with van der Waals surface area (Å²) in [6, 6.07) is 15.6. The number of rotatable bonds is 4. The van der Waals surface area contributed by atoms with Crippen LogP contribution in [0, 0.1) is 6.92 Å². The van der Waals surface area contributed by atoms with Crippen LogP contribution in [-0.4, -0.2) is 25.9 Å². The van der Waals surface area contributed by atoms with Crippen LogP contribution in [0.4, 0.5) is 18.9 Å². The number of benzene rings is 3. The molecule has 5 aromatic rings. The highest BCUT2D eigenvalue weighted by molar-refractivity contribution is 6.05. The van der Waals surface area contributed by atoms with Crippen molar-refractivity contribution in [2.75, 3.05) is 5.32 Å². The third kappa shape index (κ3) is 4.40. The summed E-state index contributed by atoms with van der Waals surface area (Å²) in [6.45, 7) is 1.93. The molecule has 2 N–H and O–H groups in total. The molecule has 0 bridgehead atoms. The first-order chi connectivity index (χ1) is 16.7. The van der Waals surface area contributed by atoms with E-state index in [9.17, 15) is 18.0 Å². The standard InChI is InChI=1S/C26H20F3N5O/c1-15-6-7-17(25(35)31-20-5-3-4-19(12-20)26(27,28)29)10-22(15)16-8-9-21-23(11-16)32-33-24(21)18-13-30-34(2)14-18/h3-14H,1-2H3,(H,31,35)(H,32,33). The van der Waals surface area contributed by atoms with Crippen LogP contribution in [0.25, 0.3) is 33.3 Å². The first-order valence-corrected chi connectivity index (χ1v) is 10.8. The molecule has 0 unspecified atom stereocenters. The zero-order valence-corrected chi connectivity index (χ0v) is 18.8. The van der Waals surface area contributed by atoms with Crippen LogP contribution in [0.2, 0.25) is 0 Å². The largest absolute Gasteiger partial charge is 0.416 e. The normalized spacial score (nSPS) is 11.7. The van der Waals surface area contributed by atoms with Gasteiger partial charge in [-0.15, -0.1) is 0 Å². The SMILES string of the molecule is Cc1ccc(C(=O)Nc2cccc(C(F)(F)F)c2)cc1-c1ccc2c(-c3cnn(C)c3)n[nH]c2c1. The fourth-order valence-electron chi connectivity index (χ4n) is 4.00. The lowest BCUT2D eigenvalue weighted by Crippen LogP contribution is -2.13. The Morgan fingerprint density at radius 2 is 1.86 bits per heavy atom. The van der Waals surface area contributed by atoms with E-state index in [1.54, 1.807) is 23.0 Å². The van der Waals surface area contributed by atoms with Gasteiger partial charge in [-0.25, -0.2) is 0 Å². The monoisotopic (exact) mass is 475 g/mol. The predicted molar refractivity (Wildman–Crippen MR) is 128 cm³/mol. The van der Waals surface area contributed by atoms with Gasteiger partial charge in [-0.05, 0) is 66.1 Å². The number of nitrogens with one attached hydrogen (secondary N) is 2. The van der Waals surface area contributed by atoms with Gasteiger partial charge in [0.2, 0.25) is 0 Å². The number of amides is 1. The molecule has 176 valence electrons. The van der Waals surface area contributed by atoms with Crippen molar-refractivity contribution in [2.45, 2.75) is 13.1 Å². The van der Waals surface area contributed by atoms with E-state index in [1.165, 1.54) is 12.1 Å². The molecule has 0 spiro atoms. The summed E-state index contributed by atoms with van der Waals surface area (Å²) in [5, 5.41) is 15.2. The lowest BCUT2D eigenvalue weighted by molar-refractivity contribution is -0.137. The highest BCUT2D eigenvalue weighted by Gasteiger charge is 2.30. The number of anilines is 1. The summed E-state index contributed by atoms with van der Waals surface area (Å²) >= 11 is 0. The van der Waals surface area contributed by atoms with E-state index in [2.05, 4.69) is 20.6 Å². The summed E-state index contributed by atoms with van der Waals surface area (Å²) in [5.74, 6) is -0.493. The fourth-order valence-corrected chi connectivity index (χ4v) is 4.00. The highest BCUT2D eigenvalue weighted by Crippen LogP contribution is 2.33. The van der Waals surface area contributed by atoms with Gasteiger partial charge in [-0.1, -0.05) is 18.2 Å². The van der Waals surface area contributed by atoms with Crippen molar-refractivity contribution in [3.8, 4) is 22.4 Å². The fraction of sp³-hybridized carbons (Fsp3) is 0.115. The number of halogens is 3. The smallest absolute Gasteiger partial charge is 0.322 e. The summed E-state index contributed by atoms with van der Waals surface area (Å²) in [4.78, 5) is 12.8. The van der Waals surface area contributed by atoms with Gasteiger partial charge in [0, 0.05) is 35.4 Å². The van der Waals surface area contributed by atoms with Gasteiger partial charge in [0.25, 0.3) is 5.91 Å². The molecule has 5 rings (SSSR count). The first kappa shape index (κ1) is 22.4. The summed E-state index contributed by atoms with van der Waals surface area (Å²) in [7, 11) is 1.84. The maximum Gasteiger partial charge on any atom is 0.416 e. The number of H-pyrrole nitrogens is 1. The number of aromatic nitrogens is 4. The van der Waals surface area contributed by atoms with Crippen LogP contribution in [0.1, 0.15) is 21.5 Å². The molecule has 0 aliphatic rings. The van der Waals surface area contributed by atoms with E-state index in [-0.39, 0.29) is 5.69 Å². The van der Waals surface area contributed by atoms with Gasteiger partial charge in [0.1, 0.15) is 5.69 Å². The number of hydrogen-bond donors (Lipinski definition) is 2.